The summed E-state index contributed by atoms with van der Waals surface area (Å²) in [6.45, 7) is 8.13. The number of nitrogens with zero attached hydrogens (tertiary/aromatic N) is 3. The topological polar surface area (TPSA) is 129 Å². The van der Waals surface area contributed by atoms with Crippen LogP contribution in [0.15, 0.2) is 36.4 Å². The van der Waals surface area contributed by atoms with Crippen LogP contribution in [0.25, 0.3) is 0 Å². The molecule has 1 N–H and O–H groups in total. The van der Waals surface area contributed by atoms with E-state index in [2.05, 4.69) is 9.71 Å². The van der Waals surface area contributed by atoms with E-state index in [0.717, 1.165) is 0 Å². The van der Waals surface area contributed by atoms with Gasteiger partial charge in [-0.3, -0.25) is 9.52 Å². The third-order valence-electron chi connectivity index (χ3n) is 5.18. The Labute approximate surface area is 199 Å². The highest BCUT2D eigenvalue weighted by Gasteiger charge is 2.36. The first-order chi connectivity index (χ1) is 15.9. The molecule has 0 atom stereocenters. The summed E-state index contributed by atoms with van der Waals surface area (Å²) in [4.78, 5) is 31.0. The van der Waals surface area contributed by atoms with Crippen molar-refractivity contribution in [2.24, 2.45) is 11.3 Å². The molecule has 1 fully saturated rings. The number of aryl methyl sites for hydroxylation is 1. The van der Waals surface area contributed by atoms with Gasteiger partial charge in [-0.15, -0.1) is 0 Å². The zero-order chi connectivity index (χ0) is 25.1. The van der Waals surface area contributed by atoms with Gasteiger partial charge in [0.25, 0.3) is 0 Å². The van der Waals surface area contributed by atoms with Gasteiger partial charge in [-0.05, 0) is 24.0 Å². The van der Waals surface area contributed by atoms with Gasteiger partial charge < -0.3 is 9.64 Å². The molecule has 1 aliphatic heterocycles. The lowest BCUT2D eigenvalue weighted by atomic mass is 9.98. The quantitative estimate of drug-likeness (QED) is 0.594. The van der Waals surface area contributed by atoms with Crippen LogP contribution in [0, 0.1) is 29.6 Å². The molecule has 0 aliphatic carbocycles. The Morgan fingerprint density at radius 1 is 1.24 bits per heavy atom. The van der Waals surface area contributed by atoms with Crippen LogP contribution in [-0.4, -0.2) is 45.0 Å². The van der Waals surface area contributed by atoms with E-state index in [1.807, 2.05) is 26.8 Å². The normalized spacial score (nSPS) is 14.1. The number of pyridine rings is 1. The molecule has 2 aromatic rings. The molecule has 1 saturated heterocycles. The molecular formula is C24H28N4O5S. The van der Waals surface area contributed by atoms with Gasteiger partial charge in [0, 0.05) is 13.1 Å². The fraction of sp³-hybridized carbons (Fsp3) is 0.417. The molecular weight excluding hydrogens is 456 g/mol. The molecule has 2 heterocycles. The Morgan fingerprint density at radius 3 is 2.47 bits per heavy atom. The van der Waals surface area contributed by atoms with Crippen molar-refractivity contribution in [1.29, 1.82) is 5.26 Å². The Bertz CT molecular complexity index is 1220. The highest BCUT2D eigenvalue weighted by molar-refractivity contribution is 7.89. The highest BCUT2D eigenvalue weighted by Crippen LogP contribution is 2.28. The monoisotopic (exact) mass is 484 g/mol. The van der Waals surface area contributed by atoms with Gasteiger partial charge in [-0.1, -0.05) is 51.1 Å². The Morgan fingerprint density at radius 2 is 1.88 bits per heavy atom. The van der Waals surface area contributed by atoms with Gasteiger partial charge in [0.05, 0.1) is 35.1 Å². The minimum Gasteiger partial charge on any atom is -0.461 e. The van der Waals surface area contributed by atoms with Crippen LogP contribution in [0.2, 0.25) is 0 Å². The zero-order valence-corrected chi connectivity index (χ0v) is 20.5. The Kier molecular flexibility index (Phi) is 7.26. The largest absolute Gasteiger partial charge is 0.461 e. The summed E-state index contributed by atoms with van der Waals surface area (Å²) in [5.41, 5.74) is 1.19. The molecule has 9 nitrogen and oxygen atoms in total. The first-order valence-corrected chi connectivity index (χ1v) is 12.5. The molecule has 0 saturated carbocycles. The van der Waals surface area contributed by atoms with E-state index < -0.39 is 27.8 Å². The van der Waals surface area contributed by atoms with Crippen molar-refractivity contribution >= 4 is 27.7 Å². The van der Waals surface area contributed by atoms with Gasteiger partial charge >= 0.3 is 5.97 Å². The zero-order valence-electron chi connectivity index (χ0n) is 19.7. The van der Waals surface area contributed by atoms with E-state index in [0.29, 0.717) is 17.1 Å². The van der Waals surface area contributed by atoms with Crippen molar-refractivity contribution in [2.75, 3.05) is 24.6 Å². The average molecular weight is 485 g/mol. The van der Waals surface area contributed by atoms with Crippen LogP contribution < -0.4 is 9.62 Å². The molecule has 1 amide bonds. The molecule has 0 unspecified atom stereocenters. The number of hydrogen-bond acceptors (Lipinski definition) is 8. The first-order valence-electron chi connectivity index (χ1n) is 10.8. The van der Waals surface area contributed by atoms with Crippen molar-refractivity contribution in [3.63, 3.8) is 0 Å². The summed E-state index contributed by atoms with van der Waals surface area (Å²) in [6.07, 6.45) is 0. The predicted octanol–water partition coefficient (Wildman–Crippen LogP) is 2.55. The van der Waals surface area contributed by atoms with Crippen molar-refractivity contribution in [3.05, 3.63) is 58.8 Å². The molecule has 1 aromatic heterocycles. The lowest BCUT2D eigenvalue weighted by Crippen LogP contribution is -2.55. The number of rotatable bonds is 7. The molecule has 180 valence electrons. The number of ether oxygens (including phenoxy) is 1. The van der Waals surface area contributed by atoms with E-state index in [-0.39, 0.29) is 42.0 Å². The number of carbonyl (C=O) groups is 2. The molecule has 1 aromatic carbocycles. The Hall–Kier alpha value is -3.45. The molecule has 3 rings (SSSR count). The lowest BCUT2D eigenvalue weighted by Gasteiger charge is -2.39. The minimum atomic E-state index is -3.83. The van der Waals surface area contributed by atoms with Crippen LogP contribution in [0.4, 0.5) is 5.82 Å². The number of esters is 1. The SMILES string of the molecule is Cc1nc(N2CC(C(=O)NS(=O)(=O)Cc3ccccc3)C2)c(C#N)cc1C(=O)OCC(C)(C)C. The van der Waals surface area contributed by atoms with Crippen molar-refractivity contribution in [2.45, 2.75) is 33.4 Å². The standard InChI is InChI=1S/C24H28N4O5S/c1-16-20(23(30)33-15-24(2,3)4)10-18(11-25)21(26-16)28-12-19(13-28)22(29)27-34(31,32)14-17-8-6-5-7-9-17/h5-10,19H,12-15H2,1-4H3,(H,27,29). The number of benzene rings is 1. The smallest absolute Gasteiger partial charge is 0.340 e. The number of nitriles is 1. The molecule has 0 spiro atoms. The van der Waals surface area contributed by atoms with Gasteiger partial charge in [0.2, 0.25) is 15.9 Å². The summed E-state index contributed by atoms with van der Waals surface area (Å²) in [6, 6.07) is 12.1. The van der Waals surface area contributed by atoms with Gasteiger partial charge in [0.1, 0.15) is 11.9 Å². The summed E-state index contributed by atoms with van der Waals surface area (Å²) < 4.78 is 32.1. The predicted molar refractivity (Wildman–Crippen MR) is 126 cm³/mol. The van der Waals surface area contributed by atoms with Gasteiger partial charge in [0.15, 0.2) is 0 Å². The lowest BCUT2D eigenvalue weighted by molar-refractivity contribution is -0.123. The van der Waals surface area contributed by atoms with Crippen LogP contribution in [0.3, 0.4) is 0 Å². The van der Waals surface area contributed by atoms with Crippen LogP contribution in [0.1, 0.15) is 48.0 Å². The number of carbonyl (C=O) groups excluding carboxylic acids is 2. The van der Waals surface area contributed by atoms with E-state index in [9.17, 15) is 23.3 Å². The molecule has 0 radical (unpaired) electrons. The number of anilines is 1. The summed E-state index contributed by atoms with van der Waals surface area (Å²) in [7, 11) is -3.83. The van der Waals surface area contributed by atoms with Crippen LogP contribution in [0.5, 0.6) is 0 Å². The number of amides is 1. The van der Waals surface area contributed by atoms with E-state index >= 15 is 0 Å². The first kappa shape index (κ1) is 25.2. The fourth-order valence-electron chi connectivity index (χ4n) is 3.37. The number of aromatic nitrogens is 1. The minimum absolute atomic E-state index is 0.184. The third-order valence-corrected chi connectivity index (χ3v) is 6.40. The number of sulfonamides is 1. The number of hydrogen-bond donors (Lipinski definition) is 1. The van der Waals surface area contributed by atoms with E-state index in [4.69, 9.17) is 4.74 Å². The second-order valence-corrected chi connectivity index (χ2v) is 11.3. The second-order valence-electron chi connectivity index (χ2n) is 9.55. The summed E-state index contributed by atoms with van der Waals surface area (Å²) >= 11 is 0. The van der Waals surface area contributed by atoms with Crippen molar-refractivity contribution in [3.8, 4) is 6.07 Å². The number of nitrogens with one attached hydrogen (secondary N) is 1. The maximum absolute atomic E-state index is 12.5. The van der Waals surface area contributed by atoms with Gasteiger partial charge in [-0.25, -0.2) is 18.2 Å². The molecule has 34 heavy (non-hydrogen) atoms. The van der Waals surface area contributed by atoms with Crippen molar-refractivity contribution < 1.29 is 22.7 Å². The molecule has 1 aliphatic rings. The second kappa shape index (κ2) is 9.81. The molecule has 10 heteroatoms. The van der Waals surface area contributed by atoms with E-state index in [1.54, 1.807) is 42.2 Å². The van der Waals surface area contributed by atoms with E-state index in [1.165, 1.54) is 6.07 Å². The Balaban J connectivity index is 1.64. The average Bonchev–Trinajstić information content (AvgIpc) is 2.70. The van der Waals surface area contributed by atoms with Gasteiger partial charge in [-0.2, -0.15) is 5.26 Å². The van der Waals surface area contributed by atoms with Crippen LogP contribution in [-0.2, 0) is 25.3 Å². The molecule has 0 bridgehead atoms. The summed E-state index contributed by atoms with van der Waals surface area (Å²) in [5, 5.41) is 9.58. The van der Waals surface area contributed by atoms with Crippen molar-refractivity contribution in [1.82, 2.24) is 9.71 Å². The summed E-state index contributed by atoms with van der Waals surface area (Å²) in [5.74, 6) is -1.64. The van der Waals surface area contributed by atoms with Crippen LogP contribution >= 0.6 is 0 Å². The highest BCUT2D eigenvalue weighted by atomic mass is 32.2. The maximum Gasteiger partial charge on any atom is 0.340 e. The third kappa shape index (κ3) is 6.32. The maximum atomic E-state index is 12.5. The fourth-order valence-corrected chi connectivity index (χ4v) is 4.54.